The number of benzene rings is 2. The number of carbonyl (C=O) groups is 1. The number of carboxylic acids is 1. The van der Waals surface area contributed by atoms with Crippen molar-refractivity contribution in [2.75, 3.05) is 18.8 Å². The maximum Gasteiger partial charge on any atom is 0.416 e. The number of aromatic nitrogens is 2. The molecule has 210 valence electrons. The summed E-state index contributed by atoms with van der Waals surface area (Å²) < 4.78 is 68.1. The first-order valence-corrected chi connectivity index (χ1v) is 14.1. The first kappa shape index (κ1) is 29.1. The molecule has 0 bridgehead atoms. The molecule has 0 saturated carbocycles. The van der Waals surface area contributed by atoms with Crippen LogP contribution in [-0.4, -0.2) is 52.8 Å². The fraction of sp³-hybridized carbons (Fsp3) is 0.375. The Morgan fingerprint density at radius 1 is 1.18 bits per heavy atom. The number of rotatable bonds is 7. The molecular formula is C24H22Cl2F3N3O6S. The van der Waals surface area contributed by atoms with Crippen LogP contribution in [0.1, 0.15) is 30.0 Å². The van der Waals surface area contributed by atoms with Crippen molar-refractivity contribution < 1.29 is 31.5 Å². The van der Waals surface area contributed by atoms with Gasteiger partial charge in [-0.2, -0.15) is 13.2 Å². The van der Waals surface area contributed by atoms with Crippen molar-refractivity contribution in [3.63, 3.8) is 0 Å². The third-order valence-electron chi connectivity index (χ3n) is 6.70. The van der Waals surface area contributed by atoms with Gasteiger partial charge in [-0.25, -0.2) is 13.2 Å². The number of H-pyrrole nitrogens is 1. The molecule has 39 heavy (non-hydrogen) atoms. The van der Waals surface area contributed by atoms with Crippen LogP contribution in [0.2, 0.25) is 10.0 Å². The number of alkyl halides is 3. The minimum atomic E-state index is -4.93. The average molecular weight is 608 g/mol. The number of likely N-dealkylation sites (tertiary alicyclic amines) is 1. The van der Waals surface area contributed by atoms with E-state index in [1.807, 2.05) is 0 Å². The Kier molecular flexibility index (Phi) is 7.92. The maximum atomic E-state index is 14.1. The molecule has 0 spiro atoms. The molecule has 9 nitrogen and oxygen atoms in total. The summed E-state index contributed by atoms with van der Waals surface area (Å²) >= 11 is 12.4. The zero-order chi connectivity index (χ0) is 28.9. The topological polar surface area (TPSA) is 130 Å². The van der Waals surface area contributed by atoms with E-state index in [0.717, 1.165) is 0 Å². The highest BCUT2D eigenvalue weighted by molar-refractivity contribution is 7.91. The number of aliphatic carboxylic acids is 1. The van der Waals surface area contributed by atoms with Crippen molar-refractivity contribution in [3.05, 3.63) is 71.8 Å². The normalized spacial score (nSPS) is 16.7. The van der Waals surface area contributed by atoms with Gasteiger partial charge in [0.05, 0.1) is 44.6 Å². The molecule has 2 N–H and O–H groups in total. The molecule has 1 saturated heterocycles. The fourth-order valence-electron chi connectivity index (χ4n) is 4.65. The number of aromatic amines is 1. The third kappa shape index (κ3) is 5.72. The molecule has 1 aromatic heterocycles. The lowest BCUT2D eigenvalue weighted by atomic mass is 10.0. The molecule has 1 aliphatic heterocycles. The van der Waals surface area contributed by atoms with Gasteiger partial charge in [0.1, 0.15) is 0 Å². The lowest BCUT2D eigenvalue weighted by molar-refractivity contribution is -0.141. The number of carboxylic acid groups (broad SMARTS) is 1. The van der Waals surface area contributed by atoms with Crippen molar-refractivity contribution >= 4 is 49.9 Å². The lowest BCUT2D eigenvalue weighted by Gasteiger charge is -2.21. The number of sulfone groups is 1. The van der Waals surface area contributed by atoms with Gasteiger partial charge in [0, 0.05) is 18.1 Å². The van der Waals surface area contributed by atoms with Crippen LogP contribution in [-0.2, 0) is 33.9 Å². The molecule has 0 amide bonds. The minimum absolute atomic E-state index is 0.0112. The van der Waals surface area contributed by atoms with Crippen LogP contribution in [0.25, 0.3) is 10.9 Å². The van der Waals surface area contributed by atoms with Gasteiger partial charge in [-0.05, 0) is 48.4 Å². The van der Waals surface area contributed by atoms with Crippen molar-refractivity contribution in [1.82, 2.24) is 14.5 Å². The number of fused-ring (bicyclic) bond motifs is 1. The lowest BCUT2D eigenvalue weighted by Crippen LogP contribution is -2.36. The molecule has 1 atom stereocenters. The Balaban J connectivity index is 1.87. The van der Waals surface area contributed by atoms with E-state index < -0.39 is 67.2 Å². The highest BCUT2D eigenvalue weighted by atomic mass is 35.5. The molecular weight excluding hydrogens is 586 g/mol. The molecule has 0 radical (unpaired) electrons. The summed E-state index contributed by atoms with van der Waals surface area (Å²) in [6.45, 7) is 0.722. The van der Waals surface area contributed by atoms with Crippen molar-refractivity contribution in [3.8, 4) is 0 Å². The molecule has 0 aliphatic carbocycles. The predicted molar refractivity (Wildman–Crippen MR) is 138 cm³/mol. The second-order valence-corrected chi connectivity index (χ2v) is 12.2. The maximum absolute atomic E-state index is 14.1. The van der Waals surface area contributed by atoms with Gasteiger partial charge in [-0.15, -0.1) is 0 Å². The number of hydrogen-bond donors (Lipinski definition) is 2. The SMILES string of the molecule is CCS(=O)(=O)c1ccc(Cl)cc1Cn1c(=O)[nH]c2c(Cl)c(CN3CC[C@H](C(=O)O)C3)c(C(F)(F)F)cc2c1=O. The largest absolute Gasteiger partial charge is 0.481 e. The van der Waals surface area contributed by atoms with Crippen LogP contribution in [0.4, 0.5) is 13.2 Å². The van der Waals surface area contributed by atoms with E-state index in [9.17, 15) is 41.1 Å². The molecule has 15 heteroatoms. The van der Waals surface area contributed by atoms with Gasteiger partial charge in [0.2, 0.25) is 0 Å². The summed E-state index contributed by atoms with van der Waals surface area (Å²) in [5, 5.41) is 8.32. The second kappa shape index (κ2) is 10.6. The average Bonchev–Trinajstić information content (AvgIpc) is 3.32. The van der Waals surface area contributed by atoms with Crippen LogP contribution < -0.4 is 11.2 Å². The summed E-state index contributed by atoms with van der Waals surface area (Å²) in [6, 6.07) is 4.42. The van der Waals surface area contributed by atoms with Crippen LogP contribution >= 0.6 is 23.2 Å². The van der Waals surface area contributed by atoms with E-state index in [2.05, 4.69) is 4.98 Å². The number of hydrogen-bond acceptors (Lipinski definition) is 6. The summed E-state index contributed by atoms with van der Waals surface area (Å²) in [5.74, 6) is -2.07. The van der Waals surface area contributed by atoms with E-state index >= 15 is 0 Å². The van der Waals surface area contributed by atoms with Gasteiger partial charge in [-0.3, -0.25) is 19.1 Å². The number of nitrogens with one attached hydrogen (secondary N) is 1. The molecule has 1 aliphatic rings. The molecule has 4 rings (SSSR count). The number of halogens is 5. The zero-order valence-corrected chi connectivity index (χ0v) is 22.6. The Morgan fingerprint density at radius 2 is 1.87 bits per heavy atom. The fourth-order valence-corrected chi connectivity index (χ4v) is 6.26. The summed E-state index contributed by atoms with van der Waals surface area (Å²) in [7, 11) is -3.79. The van der Waals surface area contributed by atoms with Crippen LogP contribution in [0.3, 0.4) is 0 Å². The standard InChI is InChI=1S/C24H22Cl2F3N3O6S/c1-2-39(37,38)18-4-3-14(25)7-13(18)10-32-21(33)15-8-17(24(27,28)29)16(19(26)20(15)30-23(32)36)11-31-6-5-12(9-31)22(34)35/h3-4,7-8,12H,2,5-6,9-11H2,1H3,(H,30,36)(H,34,35)/t12-/m0/s1. The molecule has 2 heterocycles. The Bertz CT molecular complexity index is 1700. The molecule has 3 aromatic rings. The van der Waals surface area contributed by atoms with E-state index in [-0.39, 0.29) is 52.8 Å². The second-order valence-electron chi connectivity index (χ2n) is 9.17. The highest BCUT2D eigenvalue weighted by Gasteiger charge is 2.37. The Hall–Kier alpha value is -2.87. The van der Waals surface area contributed by atoms with Crippen molar-refractivity contribution in [2.45, 2.75) is 37.5 Å². The van der Waals surface area contributed by atoms with Crippen LogP contribution in [0.15, 0.2) is 38.8 Å². The van der Waals surface area contributed by atoms with Crippen LogP contribution in [0, 0.1) is 5.92 Å². The minimum Gasteiger partial charge on any atom is -0.481 e. The first-order valence-electron chi connectivity index (χ1n) is 11.7. The molecule has 1 fully saturated rings. The summed E-state index contributed by atoms with van der Waals surface area (Å²) in [6.07, 6.45) is -4.68. The predicted octanol–water partition coefficient (Wildman–Crippen LogP) is 3.76. The van der Waals surface area contributed by atoms with E-state index in [4.69, 9.17) is 23.2 Å². The smallest absolute Gasteiger partial charge is 0.416 e. The molecule has 2 aromatic carbocycles. The zero-order valence-electron chi connectivity index (χ0n) is 20.3. The number of nitrogens with zero attached hydrogens (tertiary/aromatic N) is 2. The van der Waals surface area contributed by atoms with E-state index in [1.54, 1.807) is 0 Å². The monoisotopic (exact) mass is 607 g/mol. The first-order chi connectivity index (χ1) is 18.1. The summed E-state index contributed by atoms with van der Waals surface area (Å²) in [4.78, 5) is 41.2. The summed E-state index contributed by atoms with van der Waals surface area (Å²) in [5.41, 5.74) is -4.04. The van der Waals surface area contributed by atoms with Gasteiger partial charge < -0.3 is 10.1 Å². The van der Waals surface area contributed by atoms with Crippen molar-refractivity contribution in [1.29, 1.82) is 0 Å². The Morgan fingerprint density at radius 3 is 2.46 bits per heavy atom. The molecule has 0 unspecified atom stereocenters. The van der Waals surface area contributed by atoms with E-state index in [0.29, 0.717) is 10.6 Å². The highest BCUT2D eigenvalue weighted by Crippen LogP contribution is 2.39. The third-order valence-corrected chi connectivity index (χ3v) is 9.18. The van der Waals surface area contributed by atoms with E-state index in [1.165, 1.54) is 30.0 Å². The van der Waals surface area contributed by atoms with Crippen molar-refractivity contribution in [2.24, 2.45) is 5.92 Å². The quantitative estimate of drug-likeness (QED) is 0.418. The van der Waals surface area contributed by atoms with Gasteiger partial charge in [0.15, 0.2) is 9.84 Å². The van der Waals surface area contributed by atoms with Gasteiger partial charge >= 0.3 is 17.8 Å². The van der Waals surface area contributed by atoms with Gasteiger partial charge in [0.25, 0.3) is 5.56 Å². The van der Waals surface area contributed by atoms with Crippen LogP contribution in [0.5, 0.6) is 0 Å². The Labute approximate surface area is 229 Å². The van der Waals surface area contributed by atoms with Gasteiger partial charge in [-0.1, -0.05) is 30.1 Å².